The molecule has 2 aromatic heterocycles. The molecule has 0 bridgehead atoms. The molecular weight excluding hydrogens is 1080 g/mol. The first-order valence-corrected chi connectivity index (χ1v) is 34.4. The zero-order valence-electron chi connectivity index (χ0n) is 46.7. The Morgan fingerprint density at radius 1 is 0.398 bits per heavy atom. The van der Waals surface area contributed by atoms with Crippen LogP contribution in [0.3, 0.4) is 0 Å². The maximum atomic E-state index is 15.0. The van der Waals surface area contributed by atoms with Crippen molar-refractivity contribution in [3.8, 4) is 11.1 Å². The molecule has 12 aromatic rings. The number of furan rings is 2. The second kappa shape index (κ2) is 18.5. The first-order chi connectivity index (χ1) is 39.7. The maximum Gasteiger partial charge on any atom is 0.416 e. The van der Waals surface area contributed by atoms with Crippen LogP contribution in [-0.2, 0) is 23.2 Å². The molecule has 1 spiro atoms. The quantitative estimate of drug-likeness (QED) is 0.112. The van der Waals surface area contributed by atoms with Crippen molar-refractivity contribution in [3.63, 3.8) is 0 Å². The van der Waals surface area contributed by atoms with E-state index in [2.05, 4.69) is 119 Å². The standard InChI is InChI=1S/C71H56F6N2O2Si2/c1-68(2)54-26-8-10-28-56(54)69(57-29-11-9-27-55(57)68)58-40-46(78(44-20-12-18-42(38-44)70(72,73)74)60-30-14-22-50-52-24-16-32-62(82(3)4)66(52)80-64(50)60)34-36-48(58)49-37-35-47(41-59(49)69)79(45-21-13-19-43(39-45)71(75,76)77)61-31-15-23-51-53-25-17-33-63(83(5,6)7)67(53)81-65(51)61/h8-41,82H,1-7H3. The van der Waals surface area contributed by atoms with Crippen LogP contribution < -0.4 is 20.2 Å². The Balaban J connectivity index is 1.07. The highest BCUT2D eigenvalue weighted by Crippen LogP contribution is 2.64. The number of para-hydroxylation sites is 4. The van der Waals surface area contributed by atoms with Gasteiger partial charge in [0.15, 0.2) is 11.2 Å². The zero-order valence-corrected chi connectivity index (χ0v) is 48.8. The SMILES string of the molecule is C[SiH](C)c1cccc2c1oc1c(N(c3cccc(C(F)(F)F)c3)c3ccc4c(c3)C3(c5cc(N(c6cccc(C(F)(F)F)c6)c6cccc7c6oc6c([Si](C)(C)C)cccc67)ccc5-4)c4ccccc4C(C)(C)c4ccccc43)cccc12. The van der Waals surface area contributed by atoms with Crippen molar-refractivity contribution in [1.82, 2.24) is 0 Å². The number of nitrogens with zero attached hydrogens (tertiary/aromatic N) is 2. The molecule has 0 amide bonds. The molecule has 0 radical (unpaired) electrons. The molecule has 0 fully saturated rings. The number of fused-ring (bicyclic) bond motifs is 15. The van der Waals surface area contributed by atoms with Crippen LogP contribution in [-0.4, -0.2) is 16.9 Å². The van der Waals surface area contributed by atoms with Gasteiger partial charge in [0.1, 0.15) is 11.2 Å². The molecular formula is C71H56F6N2O2Si2. The minimum absolute atomic E-state index is 0.287. The van der Waals surface area contributed by atoms with E-state index in [1.165, 1.54) is 24.3 Å². The highest BCUT2D eigenvalue weighted by molar-refractivity contribution is 6.90. The van der Waals surface area contributed by atoms with Crippen molar-refractivity contribution >= 4 is 105 Å². The molecule has 83 heavy (non-hydrogen) atoms. The van der Waals surface area contributed by atoms with Gasteiger partial charge in [0, 0.05) is 49.7 Å². The van der Waals surface area contributed by atoms with E-state index in [1.807, 2.05) is 94.7 Å². The van der Waals surface area contributed by atoms with E-state index < -0.39 is 51.2 Å². The van der Waals surface area contributed by atoms with Gasteiger partial charge < -0.3 is 18.6 Å². The highest BCUT2D eigenvalue weighted by Gasteiger charge is 2.54. The van der Waals surface area contributed by atoms with Crippen LogP contribution in [0.2, 0.25) is 32.7 Å². The lowest BCUT2D eigenvalue weighted by atomic mass is 9.55. The lowest BCUT2D eigenvalue weighted by molar-refractivity contribution is -0.138. The summed E-state index contributed by atoms with van der Waals surface area (Å²) in [5.41, 5.74) is 10.2. The normalized spacial score (nSPS) is 14.4. The van der Waals surface area contributed by atoms with E-state index >= 15 is 0 Å². The average molecular weight is 1140 g/mol. The van der Waals surface area contributed by atoms with Gasteiger partial charge in [0.2, 0.25) is 0 Å². The van der Waals surface area contributed by atoms with E-state index in [-0.39, 0.29) is 11.4 Å². The maximum absolute atomic E-state index is 15.0. The number of hydrogen-bond acceptors (Lipinski definition) is 4. The monoisotopic (exact) mass is 1140 g/mol. The van der Waals surface area contributed by atoms with Crippen LogP contribution in [0.25, 0.3) is 55.0 Å². The molecule has 0 N–H and O–H groups in total. The summed E-state index contributed by atoms with van der Waals surface area (Å²) in [7, 11) is -3.38. The van der Waals surface area contributed by atoms with Crippen molar-refractivity contribution in [3.05, 3.63) is 251 Å². The molecule has 14 rings (SSSR count). The largest absolute Gasteiger partial charge is 0.454 e. The van der Waals surface area contributed by atoms with Crippen molar-refractivity contribution in [1.29, 1.82) is 0 Å². The first kappa shape index (κ1) is 52.5. The van der Waals surface area contributed by atoms with E-state index in [4.69, 9.17) is 8.83 Å². The van der Waals surface area contributed by atoms with Crippen molar-refractivity contribution < 1.29 is 35.2 Å². The molecule has 2 aliphatic carbocycles. The predicted molar refractivity (Wildman–Crippen MR) is 331 cm³/mol. The fourth-order valence-corrected chi connectivity index (χ4v) is 16.4. The van der Waals surface area contributed by atoms with Gasteiger partial charge in [0.25, 0.3) is 0 Å². The van der Waals surface area contributed by atoms with Crippen LogP contribution in [0.4, 0.5) is 60.5 Å². The second-order valence-corrected chi connectivity index (χ2v) is 32.0. The summed E-state index contributed by atoms with van der Waals surface area (Å²) in [6, 6.07) is 64.3. The minimum atomic E-state index is -4.64. The lowest BCUT2D eigenvalue weighted by Gasteiger charge is -2.47. The van der Waals surface area contributed by atoms with Gasteiger partial charge in [-0.1, -0.05) is 180 Å². The molecule has 10 aromatic carbocycles. The molecule has 0 aliphatic heterocycles. The van der Waals surface area contributed by atoms with E-state index in [9.17, 15) is 26.3 Å². The summed E-state index contributed by atoms with van der Waals surface area (Å²) in [6.45, 7) is 15.8. The Bertz CT molecular complexity index is 4590. The highest BCUT2D eigenvalue weighted by atomic mass is 28.3. The summed E-state index contributed by atoms with van der Waals surface area (Å²) in [5.74, 6) is 0. The Morgan fingerprint density at radius 3 is 1.25 bits per heavy atom. The third kappa shape index (κ3) is 7.92. The number of rotatable bonds is 8. The third-order valence-corrected chi connectivity index (χ3v) is 21.2. The van der Waals surface area contributed by atoms with Crippen LogP contribution in [0.5, 0.6) is 0 Å². The summed E-state index contributed by atoms with van der Waals surface area (Å²) in [6.07, 6.45) is -9.28. The molecule has 0 unspecified atom stereocenters. The fraction of sp³-hybridized carbons (Fsp3) is 0.155. The van der Waals surface area contributed by atoms with Gasteiger partial charge in [-0.05, 0) is 128 Å². The third-order valence-electron chi connectivity index (χ3n) is 17.4. The van der Waals surface area contributed by atoms with Gasteiger partial charge in [-0.3, -0.25) is 0 Å². The van der Waals surface area contributed by atoms with E-state index in [1.54, 1.807) is 12.1 Å². The number of hydrogen-bond donors (Lipinski definition) is 0. The molecule has 412 valence electrons. The van der Waals surface area contributed by atoms with Gasteiger partial charge in [-0.2, -0.15) is 26.3 Å². The fourth-order valence-electron chi connectivity index (χ4n) is 13.7. The van der Waals surface area contributed by atoms with E-state index in [0.717, 1.165) is 99.7 Å². The Labute approximate surface area is 479 Å². The van der Waals surface area contributed by atoms with Gasteiger partial charge >= 0.3 is 12.4 Å². The van der Waals surface area contributed by atoms with Crippen LogP contribution in [0.15, 0.2) is 215 Å². The Morgan fingerprint density at radius 2 is 0.795 bits per heavy atom. The number of alkyl halides is 6. The molecule has 12 heteroatoms. The van der Waals surface area contributed by atoms with E-state index in [0.29, 0.717) is 33.9 Å². The van der Waals surface area contributed by atoms with Gasteiger partial charge in [-0.15, -0.1) is 0 Å². The molecule has 2 aliphatic rings. The van der Waals surface area contributed by atoms with Gasteiger partial charge in [0.05, 0.1) is 44.8 Å². The molecule has 0 atom stereocenters. The number of anilines is 6. The lowest BCUT2D eigenvalue weighted by Crippen LogP contribution is -2.40. The van der Waals surface area contributed by atoms with Crippen molar-refractivity contribution in [2.45, 2.75) is 69.8 Å². The van der Waals surface area contributed by atoms with Crippen LogP contribution in [0.1, 0.15) is 58.4 Å². The number of benzene rings is 10. The average Bonchev–Trinajstić information content (AvgIpc) is 2.37. The summed E-state index contributed by atoms with van der Waals surface area (Å²) in [5, 5.41) is 5.85. The van der Waals surface area contributed by atoms with Crippen molar-refractivity contribution in [2.24, 2.45) is 0 Å². The van der Waals surface area contributed by atoms with Crippen LogP contribution >= 0.6 is 0 Å². The molecule has 4 nitrogen and oxygen atoms in total. The summed E-state index contributed by atoms with van der Waals surface area (Å²) in [4.78, 5) is 3.77. The predicted octanol–water partition coefficient (Wildman–Crippen LogP) is 19.7. The summed E-state index contributed by atoms with van der Waals surface area (Å²) < 4.78 is 104. The minimum Gasteiger partial charge on any atom is -0.454 e. The van der Waals surface area contributed by atoms with Gasteiger partial charge in [-0.25, -0.2) is 0 Å². The Hall–Kier alpha value is -8.59. The Kier molecular flexibility index (Phi) is 11.7. The topological polar surface area (TPSA) is 32.8 Å². The summed E-state index contributed by atoms with van der Waals surface area (Å²) >= 11 is 0. The number of halogens is 6. The van der Waals surface area contributed by atoms with Crippen molar-refractivity contribution in [2.75, 3.05) is 9.80 Å². The zero-order chi connectivity index (χ0) is 57.7. The molecule has 0 saturated heterocycles. The smallest absolute Gasteiger partial charge is 0.416 e. The second-order valence-electron chi connectivity index (χ2n) is 24.0. The molecule has 2 heterocycles. The first-order valence-electron chi connectivity index (χ1n) is 28.0. The van der Waals surface area contributed by atoms with Crippen LogP contribution in [0, 0.1) is 0 Å². The molecule has 0 saturated carbocycles.